The first-order valence-corrected chi connectivity index (χ1v) is 8.42. The Morgan fingerprint density at radius 3 is 2.57 bits per heavy atom. The lowest BCUT2D eigenvalue weighted by Crippen LogP contribution is -2.36. The highest BCUT2D eigenvalue weighted by Crippen LogP contribution is 2.30. The van der Waals surface area contributed by atoms with Crippen molar-refractivity contribution in [3.05, 3.63) is 35.9 Å². The molecule has 0 radical (unpaired) electrons. The molecule has 23 heavy (non-hydrogen) atoms. The molecule has 4 nitrogen and oxygen atoms in total. The van der Waals surface area contributed by atoms with Gasteiger partial charge in [-0.25, -0.2) is 0 Å². The molecular formula is C18H29ClN2O2. The third-order valence-electron chi connectivity index (χ3n) is 4.48. The van der Waals surface area contributed by atoms with Gasteiger partial charge < -0.3 is 15.8 Å². The van der Waals surface area contributed by atoms with E-state index in [9.17, 15) is 4.79 Å². The Hall–Kier alpha value is -1.10. The van der Waals surface area contributed by atoms with E-state index in [0.29, 0.717) is 12.5 Å². The molecular weight excluding hydrogens is 312 g/mol. The van der Waals surface area contributed by atoms with Crippen LogP contribution in [0.5, 0.6) is 0 Å². The highest BCUT2D eigenvalue weighted by molar-refractivity contribution is 5.85. The molecule has 2 unspecified atom stereocenters. The Bertz CT molecular complexity index is 450. The summed E-state index contributed by atoms with van der Waals surface area (Å²) in [7, 11) is 0. The Kier molecular flexibility index (Phi) is 9.22. The van der Waals surface area contributed by atoms with E-state index < -0.39 is 6.04 Å². The van der Waals surface area contributed by atoms with Crippen LogP contribution in [-0.2, 0) is 9.53 Å². The molecule has 1 saturated carbocycles. The summed E-state index contributed by atoms with van der Waals surface area (Å²) in [5, 5.41) is 2.95. The van der Waals surface area contributed by atoms with Crippen LogP contribution < -0.4 is 11.1 Å². The smallest absolute Gasteiger partial charge is 0.241 e. The van der Waals surface area contributed by atoms with Crippen molar-refractivity contribution in [3.63, 3.8) is 0 Å². The summed E-state index contributed by atoms with van der Waals surface area (Å²) in [5.41, 5.74) is 6.84. The van der Waals surface area contributed by atoms with Crippen molar-refractivity contribution in [1.82, 2.24) is 5.32 Å². The van der Waals surface area contributed by atoms with E-state index in [1.165, 1.54) is 25.7 Å². The molecule has 0 aliphatic heterocycles. The second-order valence-corrected chi connectivity index (χ2v) is 6.01. The lowest BCUT2D eigenvalue weighted by molar-refractivity contribution is -0.122. The van der Waals surface area contributed by atoms with E-state index in [2.05, 4.69) is 5.32 Å². The summed E-state index contributed by atoms with van der Waals surface area (Å²) in [5.74, 6) is 0.535. The molecule has 1 aliphatic carbocycles. The molecule has 0 spiro atoms. The molecule has 1 aromatic rings. The van der Waals surface area contributed by atoms with Crippen LogP contribution in [0.3, 0.4) is 0 Å². The average Bonchev–Trinajstić information content (AvgIpc) is 3.08. The SMILES string of the molecule is CCOC(CCNC(=O)C(N)c1ccccc1)C1CCCC1.Cl. The number of nitrogens with one attached hydrogen (secondary N) is 1. The maximum absolute atomic E-state index is 12.1. The predicted octanol–water partition coefficient (Wildman–Crippen LogP) is 3.21. The van der Waals surface area contributed by atoms with Gasteiger partial charge in [-0.2, -0.15) is 0 Å². The molecule has 5 heteroatoms. The molecule has 2 rings (SSSR count). The third kappa shape index (κ3) is 6.13. The van der Waals surface area contributed by atoms with Crippen molar-refractivity contribution in [2.45, 2.75) is 51.2 Å². The molecule has 1 fully saturated rings. The Labute approximate surface area is 145 Å². The van der Waals surface area contributed by atoms with Gasteiger partial charge in [0.05, 0.1) is 6.10 Å². The molecule has 1 amide bonds. The minimum Gasteiger partial charge on any atom is -0.378 e. The van der Waals surface area contributed by atoms with E-state index in [1.54, 1.807) is 0 Å². The monoisotopic (exact) mass is 340 g/mol. The molecule has 130 valence electrons. The van der Waals surface area contributed by atoms with Gasteiger partial charge in [0.2, 0.25) is 5.91 Å². The Balaban J connectivity index is 0.00000264. The second-order valence-electron chi connectivity index (χ2n) is 6.01. The molecule has 1 aliphatic rings. The van der Waals surface area contributed by atoms with Crippen LogP contribution in [0.1, 0.15) is 50.6 Å². The van der Waals surface area contributed by atoms with Gasteiger partial charge in [0.15, 0.2) is 0 Å². The zero-order valence-corrected chi connectivity index (χ0v) is 14.7. The molecule has 0 bridgehead atoms. The van der Waals surface area contributed by atoms with Gasteiger partial charge in [-0.1, -0.05) is 43.2 Å². The first-order valence-electron chi connectivity index (χ1n) is 8.42. The first kappa shape index (κ1) is 19.9. The zero-order valence-electron chi connectivity index (χ0n) is 13.9. The normalized spacial score (nSPS) is 17.3. The predicted molar refractivity (Wildman–Crippen MR) is 95.6 cm³/mol. The van der Waals surface area contributed by atoms with E-state index in [4.69, 9.17) is 10.5 Å². The van der Waals surface area contributed by atoms with E-state index in [1.807, 2.05) is 37.3 Å². The summed E-state index contributed by atoms with van der Waals surface area (Å²) in [6, 6.07) is 8.87. The first-order chi connectivity index (χ1) is 10.7. The van der Waals surface area contributed by atoms with Gasteiger partial charge in [0, 0.05) is 13.2 Å². The molecule has 3 N–H and O–H groups in total. The van der Waals surface area contributed by atoms with Gasteiger partial charge in [-0.05, 0) is 37.7 Å². The van der Waals surface area contributed by atoms with Crippen LogP contribution in [-0.4, -0.2) is 25.2 Å². The number of benzene rings is 1. The second kappa shape index (κ2) is 10.6. The number of halogens is 1. The minimum atomic E-state index is -0.599. The van der Waals surface area contributed by atoms with Gasteiger partial charge in [0.1, 0.15) is 6.04 Å². The van der Waals surface area contributed by atoms with E-state index in [0.717, 1.165) is 18.6 Å². The molecule has 0 heterocycles. The Morgan fingerprint density at radius 1 is 1.30 bits per heavy atom. The minimum absolute atomic E-state index is 0. The van der Waals surface area contributed by atoms with Gasteiger partial charge >= 0.3 is 0 Å². The third-order valence-corrected chi connectivity index (χ3v) is 4.48. The lowest BCUT2D eigenvalue weighted by atomic mass is 9.98. The van der Waals surface area contributed by atoms with Crippen molar-refractivity contribution < 1.29 is 9.53 Å². The summed E-state index contributed by atoms with van der Waals surface area (Å²) in [6.45, 7) is 3.39. The maximum atomic E-state index is 12.1. The summed E-state index contributed by atoms with van der Waals surface area (Å²) in [6.07, 6.45) is 6.25. The average molecular weight is 341 g/mol. The fourth-order valence-electron chi connectivity index (χ4n) is 3.26. The van der Waals surface area contributed by atoms with Crippen LogP contribution in [0.2, 0.25) is 0 Å². The topological polar surface area (TPSA) is 64.3 Å². The number of hydrogen-bond donors (Lipinski definition) is 2. The number of nitrogens with two attached hydrogens (primary N) is 1. The standard InChI is InChI=1S/C18H28N2O2.ClH/c1-2-22-16(14-8-6-7-9-14)12-13-20-18(21)17(19)15-10-4-3-5-11-15;/h3-5,10-11,14,16-17H,2,6-9,12-13,19H2,1H3,(H,20,21);1H. The fourth-order valence-corrected chi connectivity index (χ4v) is 3.26. The largest absolute Gasteiger partial charge is 0.378 e. The molecule has 0 saturated heterocycles. The zero-order chi connectivity index (χ0) is 15.8. The number of ether oxygens (including phenoxy) is 1. The van der Waals surface area contributed by atoms with Crippen molar-refractivity contribution in [2.24, 2.45) is 11.7 Å². The van der Waals surface area contributed by atoms with Crippen LogP contribution in [0, 0.1) is 5.92 Å². The van der Waals surface area contributed by atoms with Crippen molar-refractivity contribution in [2.75, 3.05) is 13.2 Å². The molecule has 1 aromatic carbocycles. The lowest BCUT2D eigenvalue weighted by Gasteiger charge is -2.23. The van der Waals surface area contributed by atoms with E-state index in [-0.39, 0.29) is 24.4 Å². The van der Waals surface area contributed by atoms with Crippen molar-refractivity contribution >= 4 is 18.3 Å². The number of amides is 1. The van der Waals surface area contributed by atoms with Crippen LogP contribution in [0.25, 0.3) is 0 Å². The van der Waals surface area contributed by atoms with Crippen LogP contribution in [0.15, 0.2) is 30.3 Å². The number of hydrogen-bond acceptors (Lipinski definition) is 3. The number of rotatable bonds is 8. The maximum Gasteiger partial charge on any atom is 0.241 e. The highest BCUT2D eigenvalue weighted by Gasteiger charge is 2.25. The summed E-state index contributed by atoms with van der Waals surface area (Å²) >= 11 is 0. The molecule has 0 aromatic heterocycles. The number of carbonyl (C=O) groups is 1. The summed E-state index contributed by atoms with van der Waals surface area (Å²) in [4.78, 5) is 12.1. The molecule has 2 atom stereocenters. The van der Waals surface area contributed by atoms with Gasteiger partial charge in [-0.15, -0.1) is 12.4 Å². The van der Waals surface area contributed by atoms with E-state index >= 15 is 0 Å². The van der Waals surface area contributed by atoms with Crippen LogP contribution in [0.4, 0.5) is 0 Å². The highest BCUT2D eigenvalue weighted by atomic mass is 35.5. The summed E-state index contributed by atoms with van der Waals surface area (Å²) < 4.78 is 5.87. The van der Waals surface area contributed by atoms with Gasteiger partial charge in [-0.3, -0.25) is 4.79 Å². The van der Waals surface area contributed by atoms with Crippen LogP contribution >= 0.6 is 12.4 Å². The van der Waals surface area contributed by atoms with Gasteiger partial charge in [0.25, 0.3) is 0 Å². The fraction of sp³-hybridized carbons (Fsp3) is 0.611. The Morgan fingerprint density at radius 2 is 1.96 bits per heavy atom. The quantitative estimate of drug-likeness (QED) is 0.763. The van der Waals surface area contributed by atoms with Crippen molar-refractivity contribution in [1.29, 1.82) is 0 Å². The number of carbonyl (C=O) groups excluding carboxylic acids is 1. The van der Waals surface area contributed by atoms with Crippen molar-refractivity contribution in [3.8, 4) is 0 Å².